The standard InChI is InChI=1S/C19H27N3O2S/c23-18(13-17-14-25-12-9-20-17)21-16-6-3-15(4-7-16)5-8-19(24)22-10-1-2-11-22/h3-4,6-7,17,20H,1-2,5,8-14H2,(H,21,23). The molecule has 2 aliphatic heterocycles. The average molecular weight is 362 g/mol. The largest absolute Gasteiger partial charge is 0.343 e. The zero-order chi connectivity index (χ0) is 17.5. The third kappa shape index (κ3) is 5.75. The first-order valence-electron chi connectivity index (χ1n) is 9.18. The van der Waals surface area contributed by atoms with Crippen molar-refractivity contribution in [2.45, 2.75) is 38.1 Å². The molecule has 0 aromatic heterocycles. The number of hydrogen-bond acceptors (Lipinski definition) is 4. The third-order valence-electron chi connectivity index (χ3n) is 4.75. The number of carbonyl (C=O) groups is 2. The van der Waals surface area contributed by atoms with Gasteiger partial charge in [-0.05, 0) is 37.0 Å². The van der Waals surface area contributed by atoms with Gasteiger partial charge >= 0.3 is 0 Å². The summed E-state index contributed by atoms with van der Waals surface area (Å²) in [4.78, 5) is 26.2. The SMILES string of the molecule is O=C(CC1CSCCN1)Nc1ccc(CCC(=O)N2CCCC2)cc1. The van der Waals surface area contributed by atoms with Crippen LogP contribution in [0.1, 0.15) is 31.2 Å². The van der Waals surface area contributed by atoms with E-state index in [9.17, 15) is 9.59 Å². The van der Waals surface area contributed by atoms with Crippen LogP contribution in [0.4, 0.5) is 5.69 Å². The number of benzene rings is 1. The second-order valence-electron chi connectivity index (χ2n) is 6.76. The van der Waals surface area contributed by atoms with Crippen LogP contribution >= 0.6 is 11.8 Å². The summed E-state index contributed by atoms with van der Waals surface area (Å²) in [6.07, 6.45) is 4.10. The van der Waals surface area contributed by atoms with Crippen LogP contribution in [-0.4, -0.2) is 53.9 Å². The molecule has 2 N–H and O–H groups in total. The lowest BCUT2D eigenvalue weighted by Gasteiger charge is -2.22. The molecule has 2 saturated heterocycles. The van der Waals surface area contributed by atoms with Crippen LogP contribution in [0.25, 0.3) is 0 Å². The van der Waals surface area contributed by atoms with Gasteiger partial charge in [-0.25, -0.2) is 0 Å². The van der Waals surface area contributed by atoms with Crippen molar-refractivity contribution in [1.29, 1.82) is 0 Å². The highest BCUT2D eigenvalue weighted by atomic mass is 32.2. The Bertz CT molecular complexity index is 579. The van der Waals surface area contributed by atoms with Crippen LogP contribution < -0.4 is 10.6 Å². The van der Waals surface area contributed by atoms with Gasteiger partial charge in [-0.1, -0.05) is 12.1 Å². The Hall–Kier alpha value is -1.53. The zero-order valence-electron chi connectivity index (χ0n) is 14.6. The molecule has 5 nitrogen and oxygen atoms in total. The quantitative estimate of drug-likeness (QED) is 0.816. The van der Waals surface area contributed by atoms with E-state index in [0.29, 0.717) is 12.8 Å². The molecule has 0 aliphatic carbocycles. The molecule has 0 bridgehead atoms. The normalized spacial score (nSPS) is 20.5. The van der Waals surface area contributed by atoms with Gasteiger partial charge < -0.3 is 15.5 Å². The fraction of sp³-hybridized carbons (Fsp3) is 0.579. The Labute approximate surface area is 153 Å². The molecular formula is C19H27N3O2S. The Morgan fingerprint density at radius 3 is 2.64 bits per heavy atom. The van der Waals surface area contributed by atoms with Crippen LogP contribution in [0.3, 0.4) is 0 Å². The van der Waals surface area contributed by atoms with Gasteiger partial charge in [0, 0.05) is 55.7 Å². The van der Waals surface area contributed by atoms with E-state index in [1.807, 2.05) is 40.9 Å². The van der Waals surface area contributed by atoms with Gasteiger partial charge in [-0.15, -0.1) is 0 Å². The fourth-order valence-corrected chi connectivity index (χ4v) is 4.27. The number of hydrogen-bond donors (Lipinski definition) is 2. The van der Waals surface area contributed by atoms with Crippen molar-refractivity contribution in [3.63, 3.8) is 0 Å². The van der Waals surface area contributed by atoms with Crippen molar-refractivity contribution in [3.8, 4) is 0 Å². The summed E-state index contributed by atoms with van der Waals surface area (Å²) in [6, 6.07) is 8.13. The van der Waals surface area contributed by atoms with E-state index in [2.05, 4.69) is 10.6 Å². The molecule has 2 amide bonds. The number of aryl methyl sites for hydroxylation is 1. The molecule has 1 aromatic carbocycles. The molecule has 0 saturated carbocycles. The van der Waals surface area contributed by atoms with Crippen molar-refractivity contribution in [2.75, 3.05) is 36.5 Å². The second-order valence-corrected chi connectivity index (χ2v) is 7.91. The summed E-state index contributed by atoms with van der Waals surface area (Å²) < 4.78 is 0. The summed E-state index contributed by atoms with van der Waals surface area (Å²) in [5, 5.41) is 6.34. The summed E-state index contributed by atoms with van der Waals surface area (Å²) in [5.74, 6) is 2.43. The Morgan fingerprint density at radius 1 is 1.20 bits per heavy atom. The maximum Gasteiger partial charge on any atom is 0.225 e. The molecule has 1 aromatic rings. The van der Waals surface area contributed by atoms with Crippen molar-refractivity contribution in [2.24, 2.45) is 0 Å². The third-order valence-corrected chi connectivity index (χ3v) is 5.89. The van der Waals surface area contributed by atoms with Crippen LogP contribution in [0.2, 0.25) is 0 Å². The van der Waals surface area contributed by atoms with Crippen LogP contribution in [0.15, 0.2) is 24.3 Å². The van der Waals surface area contributed by atoms with E-state index in [4.69, 9.17) is 0 Å². The predicted molar refractivity (Wildman–Crippen MR) is 103 cm³/mol. The smallest absolute Gasteiger partial charge is 0.225 e. The first-order valence-corrected chi connectivity index (χ1v) is 10.3. The van der Waals surface area contributed by atoms with Gasteiger partial charge in [0.1, 0.15) is 0 Å². The van der Waals surface area contributed by atoms with Gasteiger partial charge in [-0.3, -0.25) is 9.59 Å². The molecule has 6 heteroatoms. The Balaban J connectivity index is 1.41. The molecule has 25 heavy (non-hydrogen) atoms. The lowest BCUT2D eigenvalue weighted by Crippen LogP contribution is -2.39. The highest BCUT2D eigenvalue weighted by Gasteiger charge is 2.18. The van der Waals surface area contributed by atoms with Gasteiger partial charge in [-0.2, -0.15) is 11.8 Å². The molecule has 0 spiro atoms. The monoisotopic (exact) mass is 361 g/mol. The summed E-state index contributed by atoms with van der Waals surface area (Å²) in [5.41, 5.74) is 1.96. The highest BCUT2D eigenvalue weighted by molar-refractivity contribution is 7.99. The van der Waals surface area contributed by atoms with Crippen molar-refractivity contribution in [1.82, 2.24) is 10.2 Å². The second kappa shape index (κ2) is 9.25. The van der Waals surface area contributed by atoms with Gasteiger partial charge in [0.05, 0.1) is 0 Å². The lowest BCUT2D eigenvalue weighted by atomic mass is 10.1. The molecule has 3 rings (SSSR count). The predicted octanol–water partition coefficient (Wildman–Crippen LogP) is 2.28. The van der Waals surface area contributed by atoms with E-state index in [1.54, 1.807) is 0 Å². The van der Waals surface area contributed by atoms with Crippen LogP contribution in [-0.2, 0) is 16.0 Å². The van der Waals surface area contributed by atoms with Crippen molar-refractivity contribution >= 4 is 29.3 Å². The minimum Gasteiger partial charge on any atom is -0.343 e. The van der Waals surface area contributed by atoms with Crippen LogP contribution in [0, 0.1) is 0 Å². The van der Waals surface area contributed by atoms with E-state index in [0.717, 1.165) is 61.7 Å². The minimum absolute atomic E-state index is 0.0527. The Kier molecular flexibility index (Phi) is 6.76. The number of amides is 2. The summed E-state index contributed by atoms with van der Waals surface area (Å²) in [7, 11) is 0. The molecule has 2 heterocycles. The summed E-state index contributed by atoms with van der Waals surface area (Å²) >= 11 is 1.90. The number of likely N-dealkylation sites (tertiary alicyclic amines) is 1. The summed E-state index contributed by atoms with van der Waals surface area (Å²) in [6.45, 7) is 2.81. The molecule has 0 radical (unpaired) electrons. The number of nitrogens with one attached hydrogen (secondary N) is 2. The van der Waals surface area contributed by atoms with E-state index >= 15 is 0 Å². The van der Waals surface area contributed by atoms with E-state index in [-0.39, 0.29) is 17.9 Å². The number of thioether (sulfide) groups is 1. The van der Waals surface area contributed by atoms with Crippen LogP contribution in [0.5, 0.6) is 0 Å². The molecule has 1 unspecified atom stereocenters. The zero-order valence-corrected chi connectivity index (χ0v) is 15.4. The molecule has 1 atom stereocenters. The number of rotatable bonds is 6. The molecule has 136 valence electrons. The molecular weight excluding hydrogens is 334 g/mol. The number of nitrogens with zero attached hydrogens (tertiary/aromatic N) is 1. The maximum atomic E-state index is 12.1. The topological polar surface area (TPSA) is 61.4 Å². The first kappa shape index (κ1) is 18.3. The van der Waals surface area contributed by atoms with E-state index < -0.39 is 0 Å². The minimum atomic E-state index is 0.0527. The number of carbonyl (C=O) groups excluding carboxylic acids is 2. The Morgan fingerprint density at radius 2 is 1.96 bits per heavy atom. The van der Waals surface area contributed by atoms with Gasteiger partial charge in [0.25, 0.3) is 0 Å². The highest BCUT2D eigenvalue weighted by Crippen LogP contribution is 2.15. The van der Waals surface area contributed by atoms with Gasteiger partial charge in [0.15, 0.2) is 0 Å². The van der Waals surface area contributed by atoms with Gasteiger partial charge in [0.2, 0.25) is 11.8 Å². The van der Waals surface area contributed by atoms with Crippen molar-refractivity contribution in [3.05, 3.63) is 29.8 Å². The van der Waals surface area contributed by atoms with Crippen molar-refractivity contribution < 1.29 is 9.59 Å². The fourth-order valence-electron chi connectivity index (χ4n) is 3.32. The molecule has 2 aliphatic rings. The number of anilines is 1. The lowest BCUT2D eigenvalue weighted by molar-refractivity contribution is -0.130. The average Bonchev–Trinajstić information content (AvgIpc) is 3.16. The first-order chi connectivity index (χ1) is 12.2. The van der Waals surface area contributed by atoms with E-state index in [1.165, 1.54) is 0 Å². The maximum absolute atomic E-state index is 12.1. The molecule has 2 fully saturated rings.